The average molecular weight is 278 g/mol. The van der Waals surface area contributed by atoms with Gasteiger partial charge in [0.05, 0.1) is 0 Å². The minimum Gasteiger partial charge on any atom is -0.381 e. The first-order valence-electron chi connectivity index (χ1n) is 4.99. The molecule has 0 aliphatic carbocycles. The first-order chi connectivity index (χ1) is 7.60. The monoisotopic (exact) mass is 277 g/mol. The number of hydrogen-bond acceptors (Lipinski definition) is 2. The van der Waals surface area contributed by atoms with Gasteiger partial charge in [0.25, 0.3) is 0 Å². The molecule has 16 heavy (non-hydrogen) atoms. The molecule has 2 aromatic rings. The van der Waals surface area contributed by atoms with E-state index in [4.69, 9.17) is 0 Å². The van der Waals surface area contributed by atoms with Crippen molar-refractivity contribution < 1.29 is 5.11 Å². The molecule has 0 aliphatic rings. The third-order valence-electron chi connectivity index (χ3n) is 2.61. The number of pyridine rings is 1. The fraction of sp³-hybridized carbons (Fsp3) is 0.154. The molecule has 0 fully saturated rings. The summed E-state index contributed by atoms with van der Waals surface area (Å²) in [7, 11) is 0. The molecule has 0 spiro atoms. The maximum Gasteiger partial charge on any atom is 0.113 e. The standard InChI is InChI=1S/C13H12BrNO/c1-13(16,11-5-3-7-15-9-11)10-4-2-6-12(14)8-10/h2-9,16H,1H3. The topological polar surface area (TPSA) is 33.1 Å². The van der Waals surface area contributed by atoms with E-state index < -0.39 is 5.60 Å². The molecule has 0 bridgehead atoms. The summed E-state index contributed by atoms with van der Waals surface area (Å²) in [6.45, 7) is 1.77. The Labute approximate surface area is 103 Å². The molecule has 0 saturated carbocycles. The lowest BCUT2D eigenvalue weighted by Gasteiger charge is -2.24. The molecule has 0 radical (unpaired) electrons. The normalized spacial score (nSPS) is 14.4. The fourth-order valence-electron chi connectivity index (χ4n) is 1.61. The first kappa shape index (κ1) is 11.3. The summed E-state index contributed by atoms with van der Waals surface area (Å²) in [5.41, 5.74) is 0.612. The van der Waals surface area contributed by atoms with Gasteiger partial charge < -0.3 is 5.11 Å². The summed E-state index contributed by atoms with van der Waals surface area (Å²) in [6.07, 6.45) is 3.38. The van der Waals surface area contributed by atoms with Crippen molar-refractivity contribution in [1.82, 2.24) is 4.98 Å². The van der Waals surface area contributed by atoms with Crippen LogP contribution in [0.3, 0.4) is 0 Å². The van der Waals surface area contributed by atoms with Crippen LogP contribution in [0.5, 0.6) is 0 Å². The van der Waals surface area contributed by atoms with E-state index in [9.17, 15) is 5.11 Å². The van der Waals surface area contributed by atoms with E-state index in [0.29, 0.717) is 0 Å². The lowest BCUT2D eigenvalue weighted by atomic mass is 9.89. The number of benzene rings is 1. The Kier molecular flexibility index (Phi) is 3.08. The number of nitrogens with zero attached hydrogens (tertiary/aromatic N) is 1. The Morgan fingerprint density at radius 2 is 1.94 bits per heavy atom. The Balaban J connectivity index is 2.47. The largest absolute Gasteiger partial charge is 0.381 e. The summed E-state index contributed by atoms with van der Waals surface area (Å²) < 4.78 is 0.953. The first-order valence-corrected chi connectivity index (χ1v) is 5.79. The Hall–Kier alpha value is -1.19. The van der Waals surface area contributed by atoms with Crippen molar-refractivity contribution in [2.75, 3.05) is 0 Å². The van der Waals surface area contributed by atoms with Crippen molar-refractivity contribution in [1.29, 1.82) is 0 Å². The zero-order chi connectivity index (χ0) is 11.6. The molecule has 1 atom stereocenters. The molecular formula is C13H12BrNO. The van der Waals surface area contributed by atoms with Crippen LogP contribution >= 0.6 is 15.9 Å². The van der Waals surface area contributed by atoms with E-state index in [0.717, 1.165) is 15.6 Å². The molecule has 1 aromatic carbocycles. The van der Waals surface area contributed by atoms with Crippen LogP contribution in [-0.4, -0.2) is 10.1 Å². The Morgan fingerprint density at radius 3 is 2.56 bits per heavy atom. The van der Waals surface area contributed by atoms with Gasteiger partial charge in [-0.2, -0.15) is 0 Å². The maximum absolute atomic E-state index is 10.5. The van der Waals surface area contributed by atoms with E-state index in [1.54, 1.807) is 19.3 Å². The summed E-state index contributed by atoms with van der Waals surface area (Å²) >= 11 is 3.40. The summed E-state index contributed by atoms with van der Waals surface area (Å²) in [4.78, 5) is 4.03. The maximum atomic E-state index is 10.5. The van der Waals surface area contributed by atoms with Gasteiger partial charge in [-0.1, -0.05) is 34.1 Å². The Morgan fingerprint density at radius 1 is 1.19 bits per heavy atom. The van der Waals surface area contributed by atoms with Crippen molar-refractivity contribution in [2.24, 2.45) is 0 Å². The molecule has 82 valence electrons. The molecular weight excluding hydrogens is 266 g/mol. The predicted molar refractivity (Wildman–Crippen MR) is 67.1 cm³/mol. The second kappa shape index (κ2) is 4.36. The van der Waals surface area contributed by atoms with Crippen molar-refractivity contribution in [3.8, 4) is 0 Å². The van der Waals surface area contributed by atoms with Crippen LogP contribution in [0.4, 0.5) is 0 Å². The Bertz CT molecular complexity index is 482. The highest BCUT2D eigenvalue weighted by molar-refractivity contribution is 9.10. The van der Waals surface area contributed by atoms with Crippen molar-refractivity contribution in [3.05, 3.63) is 64.4 Å². The minimum atomic E-state index is -1.02. The minimum absolute atomic E-state index is 0.785. The summed E-state index contributed by atoms with van der Waals surface area (Å²) in [5.74, 6) is 0. The van der Waals surface area contributed by atoms with Crippen LogP contribution in [-0.2, 0) is 5.60 Å². The third kappa shape index (κ3) is 2.15. The van der Waals surface area contributed by atoms with Crippen LogP contribution in [0, 0.1) is 0 Å². The van der Waals surface area contributed by atoms with E-state index in [2.05, 4.69) is 20.9 Å². The zero-order valence-corrected chi connectivity index (χ0v) is 10.5. The van der Waals surface area contributed by atoms with Gasteiger partial charge in [-0.15, -0.1) is 0 Å². The van der Waals surface area contributed by atoms with Crippen LogP contribution in [0.15, 0.2) is 53.3 Å². The van der Waals surface area contributed by atoms with Crippen LogP contribution in [0.25, 0.3) is 0 Å². The fourth-order valence-corrected chi connectivity index (χ4v) is 2.01. The molecule has 2 nitrogen and oxygen atoms in total. The molecule has 0 aliphatic heterocycles. The molecule has 0 amide bonds. The van der Waals surface area contributed by atoms with Gasteiger partial charge >= 0.3 is 0 Å². The highest BCUT2D eigenvalue weighted by atomic mass is 79.9. The molecule has 1 heterocycles. The SMILES string of the molecule is CC(O)(c1cccnc1)c1cccc(Br)c1. The molecule has 1 N–H and O–H groups in total. The second-order valence-electron chi connectivity index (χ2n) is 3.82. The van der Waals surface area contributed by atoms with E-state index in [1.165, 1.54) is 0 Å². The summed E-state index contributed by atoms with van der Waals surface area (Å²) in [6, 6.07) is 11.3. The summed E-state index contributed by atoms with van der Waals surface area (Å²) in [5, 5.41) is 10.5. The number of rotatable bonds is 2. The van der Waals surface area contributed by atoms with Crippen molar-refractivity contribution in [2.45, 2.75) is 12.5 Å². The van der Waals surface area contributed by atoms with Crippen molar-refractivity contribution >= 4 is 15.9 Å². The molecule has 1 unspecified atom stereocenters. The van der Waals surface area contributed by atoms with Crippen molar-refractivity contribution in [3.63, 3.8) is 0 Å². The number of halogens is 1. The second-order valence-corrected chi connectivity index (χ2v) is 4.74. The average Bonchev–Trinajstić information content (AvgIpc) is 2.30. The zero-order valence-electron chi connectivity index (χ0n) is 8.89. The highest BCUT2D eigenvalue weighted by Crippen LogP contribution is 2.29. The van der Waals surface area contributed by atoms with Gasteiger partial charge in [-0.3, -0.25) is 4.98 Å². The lowest BCUT2D eigenvalue weighted by molar-refractivity contribution is 0.102. The molecule has 2 rings (SSSR count). The van der Waals surface area contributed by atoms with E-state index >= 15 is 0 Å². The lowest BCUT2D eigenvalue weighted by Crippen LogP contribution is -2.22. The van der Waals surface area contributed by atoms with Gasteiger partial charge in [-0.05, 0) is 30.7 Å². The third-order valence-corrected chi connectivity index (χ3v) is 3.10. The van der Waals surface area contributed by atoms with Gasteiger partial charge in [0, 0.05) is 22.4 Å². The van der Waals surface area contributed by atoms with Crippen LogP contribution in [0.1, 0.15) is 18.1 Å². The van der Waals surface area contributed by atoms with Gasteiger partial charge in [0.1, 0.15) is 5.60 Å². The van der Waals surface area contributed by atoms with Crippen LogP contribution < -0.4 is 0 Å². The van der Waals surface area contributed by atoms with E-state index in [1.807, 2.05) is 36.4 Å². The molecule has 0 saturated heterocycles. The highest BCUT2D eigenvalue weighted by Gasteiger charge is 2.25. The smallest absolute Gasteiger partial charge is 0.113 e. The van der Waals surface area contributed by atoms with Gasteiger partial charge in [0.15, 0.2) is 0 Å². The molecule has 1 aromatic heterocycles. The number of aromatic nitrogens is 1. The van der Waals surface area contributed by atoms with E-state index in [-0.39, 0.29) is 0 Å². The number of aliphatic hydroxyl groups is 1. The van der Waals surface area contributed by atoms with Crippen LogP contribution in [0.2, 0.25) is 0 Å². The molecule has 3 heteroatoms. The van der Waals surface area contributed by atoms with Gasteiger partial charge in [-0.25, -0.2) is 0 Å². The quantitative estimate of drug-likeness (QED) is 0.915. The predicted octanol–water partition coefficient (Wildman–Crippen LogP) is 3.10. The van der Waals surface area contributed by atoms with Gasteiger partial charge in [0.2, 0.25) is 0 Å². The number of hydrogen-bond donors (Lipinski definition) is 1.